The lowest BCUT2D eigenvalue weighted by atomic mass is 10.1. The van der Waals surface area contributed by atoms with Crippen molar-refractivity contribution in [1.29, 1.82) is 0 Å². The van der Waals surface area contributed by atoms with E-state index in [-0.39, 0.29) is 5.75 Å². The molecule has 0 spiro atoms. The first-order valence-corrected chi connectivity index (χ1v) is 6.64. The molecule has 0 amide bonds. The number of aromatic nitrogens is 1. The maximum Gasteiger partial charge on any atom is 0.416 e. The first kappa shape index (κ1) is 14.4. The van der Waals surface area contributed by atoms with Crippen molar-refractivity contribution in [3.63, 3.8) is 0 Å². The number of nitrogens with zero attached hydrogens (tertiary/aromatic N) is 1. The smallest absolute Gasteiger partial charge is 0.416 e. The third-order valence-electron chi connectivity index (χ3n) is 3.30. The molecule has 0 aliphatic carbocycles. The maximum atomic E-state index is 12.7. The standard InChI is InChI=1S/C17H12F3NO/c1-11-8-14(10-16-15(11)6-3-7-21-16)22-13-5-2-4-12(9-13)17(18,19)20/h2-10H,1H3. The van der Waals surface area contributed by atoms with Crippen molar-refractivity contribution in [2.24, 2.45) is 0 Å². The Bertz CT molecular complexity index is 827. The van der Waals surface area contributed by atoms with Gasteiger partial charge in [-0.3, -0.25) is 4.98 Å². The lowest BCUT2D eigenvalue weighted by molar-refractivity contribution is -0.137. The van der Waals surface area contributed by atoms with Crippen molar-refractivity contribution in [2.45, 2.75) is 13.1 Å². The number of hydrogen-bond donors (Lipinski definition) is 0. The third-order valence-corrected chi connectivity index (χ3v) is 3.30. The van der Waals surface area contributed by atoms with Crippen LogP contribution in [0.5, 0.6) is 11.5 Å². The van der Waals surface area contributed by atoms with Gasteiger partial charge in [0.15, 0.2) is 0 Å². The van der Waals surface area contributed by atoms with Crippen LogP contribution in [0.4, 0.5) is 13.2 Å². The minimum atomic E-state index is -4.39. The Morgan fingerprint density at radius 2 is 1.77 bits per heavy atom. The molecule has 3 rings (SSSR count). The number of alkyl halides is 3. The molecule has 3 aromatic rings. The predicted octanol–water partition coefficient (Wildman–Crippen LogP) is 5.35. The van der Waals surface area contributed by atoms with Crippen LogP contribution in [0.3, 0.4) is 0 Å². The average Bonchev–Trinajstić information content (AvgIpc) is 2.47. The van der Waals surface area contributed by atoms with Gasteiger partial charge in [-0.05, 0) is 42.8 Å². The van der Waals surface area contributed by atoms with Gasteiger partial charge in [0.2, 0.25) is 0 Å². The van der Waals surface area contributed by atoms with Crippen LogP contribution in [0.15, 0.2) is 54.7 Å². The van der Waals surface area contributed by atoms with Crippen LogP contribution >= 0.6 is 0 Å². The molecule has 1 heterocycles. The highest BCUT2D eigenvalue weighted by atomic mass is 19.4. The van der Waals surface area contributed by atoms with Crippen molar-refractivity contribution in [1.82, 2.24) is 4.98 Å². The minimum Gasteiger partial charge on any atom is -0.457 e. The number of hydrogen-bond acceptors (Lipinski definition) is 2. The first-order valence-electron chi connectivity index (χ1n) is 6.64. The zero-order valence-corrected chi connectivity index (χ0v) is 11.7. The Hall–Kier alpha value is -2.56. The molecule has 0 saturated heterocycles. The van der Waals surface area contributed by atoms with Crippen molar-refractivity contribution < 1.29 is 17.9 Å². The first-order chi connectivity index (χ1) is 10.4. The molecule has 0 atom stereocenters. The molecule has 1 aromatic heterocycles. The van der Waals surface area contributed by atoms with Crippen LogP contribution in [0.1, 0.15) is 11.1 Å². The molecule has 0 radical (unpaired) electrons. The van der Waals surface area contributed by atoms with Crippen LogP contribution in [0.2, 0.25) is 0 Å². The summed E-state index contributed by atoms with van der Waals surface area (Å²) in [4.78, 5) is 4.24. The second-order valence-electron chi connectivity index (χ2n) is 4.94. The minimum absolute atomic E-state index is 0.143. The largest absolute Gasteiger partial charge is 0.457 e. The lowest BCUT2D eigenvalue weighted by Gasteiger charge is -2.11. The molecular formula is C17H12F3NO. The zero-order valence-electron chi connectivity index (χ0n) is 11.7. The van der Waals surface area contributed by atoms with E-state index in [1.54, 1.807) is 18.3 Å². The van der Waals surface area contributed by atoms with E-state index in [1.165, 1.54) is 12.1 Å². The van der Waals surface area contributed by atoms with Gasteiger partial charge in [-0.15, -0.1) is 0 Å². The van der Waals surface area contributed by atoms with Gasteiger partial charge in [-0.2, -0.15) is 13.2 Å². The van der Waals surface area contributed by atoms with Gasteiger partial charge in [-0.25, -0.2) is 0 Å². The van der Waals surface area contributed by atoms with E-state index in [0.717, 1.165) is 28.6 Å². The highest BCUT2D eigenvalue weighted by molar-refractivity contribution is 5.83. The molecule has 0 N–H and O–H groups in total. The van der Waals surface area contributed by atoms with Crippen LogP contribution in [0.25, 0.3) is 10.9 Å². The van der Waals surface area contributed by atoms with Gasteiger partial charge in [0.25, 0.3) is 0 Å². The van der Waals surface area contributed by atoms with E-state index in [1.807, 2.05) is 19.1 Å². The Morgan fingerprint density at radius 3 is 2.55 bits per heavy atom. The molecule has 0 bridgehead atoms. The third kappa shape index (κ3) is 2.88. The highest BCUT2D eigenvalue weighted by Gasteiger charge is 2.30. The van der Waals surface area contributed by atoms with Crippen LogP contribution < -0.4 is 4.74 Å². The monoisotopic (exact) mass is 303 g/mol. The van der Waals surface area contributed by atoms with E-state index in [0.29, 0.717) is 5.75 Å². The van der Waals surface area contributed by atoms with Gasteiger partial charge >= 0.3 is 6.18 Å². The fraction of sp³-hybridized carbons (Fsp3) is 0.118. The van der Waals surface area contributed by atoms with E-state index in [9.17, 15) is 13.2 Å². The Labute approximate surface area is 125 Å². The molecule has 0 unspecified atom stereocenters. The molecule has 112 valence electrons. The summed E-state index contributed by atoms with van der Waals surface area (Å²) in [7, 11) is 0. The molecule has 2 nitrogen and oxygen atoms in total. The van der Waals surface area contributed by atoms with Gasteiger partial charge in [-0.1, -0.05) is 12.1 Å². The topological polar surface area (TPSA) is 22.1 Å². The summed E-state index contributed by atoms with van der Waals surface area (Å²) in [5.74, 6) is 0.604. The number of ether oxygens (including phenoxy) is 1. The molecule has 0 fully saturated rings. The molecule has 22 heavy (non-hydrogen) atoms. The SMILES string of the molecule is Cc1cc(Oc2cccc(C(F)(F)F)c2)cc2ncccc12. The number of rotatable bonds is 2. The summed E-state index contributed by atoms with van der Waals surface area (Å²) < 4.78 is 43.7. The van der Waals surface area contributed by atoms with Crippen LogP contribution in [-0.2, 0) is 6.18 Å². The van der Waals surface area contributed by atoms with Crippen molar-refractivity contribution in [3.8, 4) is 11.5 Å². The Balaban J connectivity index is 1.97. The van der Waals surface area contributed by atoms with E-state index >= 15 is 0 Å². The predicted molar refractivity (Wildman–Crippen MR) is 78.0 cm³/mol. The second kappa shape index (κ2) is 5.33. The number of halogens is 3. The molecule has 0 aliphatic heterocycles. The van der Waals surface area contributed by atoms with Gasteiger partial charge in [0.1, 0.15) is 11.5 Å². The molecular weight excluding hydrogens is 291 g/mol. The molecule has 0 aliphatic rings. The maximum absolute atomic E-state index is 12.7. The lowest BCUT2D eigenvalue weighted by Crippen LogP contribution is -2.04. The van der Waals surface area contributed by atoms with Crippen molar-refractivity contribution >= 4 is 10.9 Å². The van der Waals surface area contributed by atoms with Crippen molar-refractivity contribution in [2.75, 3.05) is 0 Å². The summed E-state index contributed by atoms with van der Waals surface area (Å²) >= 11 is 0. The summed E-state index contributed by atoms with van der Waals surface area (Å²) in [6, 6.07) is 12.1. The second-order valence-corrected chi connectivity index (χ2v) is 4.94. The fourth-order valence-corrected chi connectivity index (χ4v) is 2.26. The quantitative estimate of drug-likeness (QED) is 0.636. The van der Waals surface area contributed by atoms with E-state index in [4.69, 9.17) is 4.74 Å². The van der Waals surface area contributed by atoms with Crippen LogP contribution in [0, 0.1) is 6.92 Å². The van der Waals surface area contributed by atoms with Gasteiger partial charge < -0.3 is 4.74 Å². The van der Waals surface area contributed by atoms with E-state index < -0.39 is 11.7 Å². The average molecular weight is 303 g/mol. The molecule has 0 saturated carbocycles. The Morgan fingerprint density at radius 1 is 0.955 bits per heavy atom. The molecule has 5 heteroatoms. The fourth-order valence-electron chi connectivity index (χ4n) is 2.26. The van der Waals surface area contributed by atoms with Crippen LogP contribution in [-0.4, -0.2) is 4.98 Å². The summed E-state index contributed by atoms with van der Waals surface area (Å²) in [6.07, 6.45) is -2.73. The summed E-state index contributed by atoms with van der Waals surface area (Å²) in [6.45, 7) is 1.91. The van der Waals surface area contributed by atoms with Gasteiger partial charge in [0.05, 0.1) is 11.1 Å². The summed E-state index contributed by atoms with van der Waals surface area (Å²) in [5, 5.41) is 0.985. The highest BCUT2D eigenvalue weighted by Crippen LogP contribution is 2.33. The zero-order chi connectivity index (χ0) is 15.7. The van der Waals surface area contributed by atoms with Crippen molar-refractivity contribution in [3.05, 3.63) is 65.9 Å². The van der Waals surface area contributed by atoms with Gasteiger partial charge in [0, 0.05) is 17.6 Å². The van der Waals surface area contributed by atoms with E-state index in [2.05, 4.69) is 4.98 Å². The normalized spacial score (nSPS) is 11.6. The number of aryl methyl sites for hydroxylation is 1. The molecule has 2 aromatic carbocycles. The Kier molecular flexibility index (Phi) is 3.48. The number of benzene rings is 2. The number of fused-ring (bicyclic) bond motifs is 1. The summed E-state index contributed by atoms with van der Waals surface area (Å²) in [5.41, 5.74) is 0.956. The number of pyridine rings is 1.